The van der Waals surface area contributed by atoms with E-state index in [4.69, 9.17) is 11.5 Å². The Balaban J connectivity index is 2.09. The van der Waals surface area contributed by atoms with Crippen LogP contribution in [-0.2, 0) is 6.54 Å². The van der Waals surface area contributed by atoms with Crippen LogP contribution in [0.5, 0.6) is 0 Å². The Kier molecular flexibility index (Phi) is 4.59. The van der Waals surface area contributed by atoms with Crippen LogP contribution >= 0.6 is 15.9 Å². The molecule has 0 heterocycles. The van der Waals surface area contributed by atoms with Gasteiger partial charge in [0.25, 0.3) is 5.91 Å². The number of anilines is 1. The monoisotopic (exact) mass is 347 g/mol. The van der Waals surface area contributed by atoms with E-state index >= 15 is 0 Å². The molecule has 0 spiro atoms. The lowest BCUT2D eigenvalue weighted by atomic mass is 10.1. The molecule has 5 nitrogen and oxygen atoms in total. The molecule has 0 saturated carbocycles. The number of benzene rings is 2. The molecule has 0 atom stereocenters. The maximum Gasteiger partial charge on any atom is 0.252 e. The maximum absolute atomic E-state index is 12.1. The molecule has 0 radical (unpaired) electrons. The average molecular weight is 348 g/mol. The first-order chi connectivity index (χ1) is 9.97. The first kappa shape index (κ1) is 15.1. The topological polar surface area (TPSA) is 98.2 Å². The summed E-state index contributed by atoms with van der Waals surface area (Å²) in [6, 6.07) is 11.8. The van der Waals surface area contributed by atoms with Gasteiger partial charge in [-0.05, 0) is 51.8 Å². The van der Waals surface area contributed by atoms with Crippen molar-refractivity contribution in [3.05, 3.63) is 63.6 Å². The number of amides is 2. The molecule has 2 amide bonds. The third-order valence-corrected chi connectivity index (χ3v) is 3.59. The molecule has 0 saturated heterocycles. The van der Waals surface area contributed by atoms with Gasteiger partial charge < -0.3 is 16.8 Å². The van der Waals surface area contributed by atoms with Crippen LogP contribution in [0.4, 0.5) is 5.69 Å². The van der Waals surface area contributed by atoms with E-state index in [1.807, 2.05) is 0 Å². The molecule has 0 aromatic heterocycles. The van der Waals surface area contributed by atoms with Crippen LogP contribution in [0.2, 0.25) is 0 Å². The third kappa shape index (κ3) is 3.82. The highest BCUT2D eigenvalue weighted by atomic mass is 79.9. The summed E-state index contributed by atoms with van der Waals surface area (Å²) in [4.78, 5) is 23.2. The predicted octanol–water partition coefficient (Wildman–Crippen LogP) is 2.06. The second kappa shape index (κ2) is 6.41. The number of primary amides is 1. The van der Waals surface area contributed by atoms with Crippen molar-refractivity contribution < 1.29 is 9.59 Å². The molecule has 2 rings (SSSR count). The van der Waals surface area contributed by atoms with Gasteiger partial charge in [0, 0.05) is 22.3 Å². The van der Waals surface area contributed by atoms with Gasteiger partial charge in [0.2, 0.25) is 5.91 Å². The van der Waals surface area contributed by atoms with E-state index in [-0.39, 0.29) is 5.91 Å². The minimum absolute atomic E-state index is 0.251. The summed E-state index contributed by atoms with van der Waals surface area (Å²) in [5.74, 6) is -0.750. The van der Waals surface area contributed by atoms with E-state index in [9.17, 15) is 9.59 Å². The molecule has 2 aromatic carbocycles. The maximum atomic E-state index is 12.1. The van der Waals surface area contributed by atoms with Crippen LogP contribution in [0.25, 0.3) is 0 Å². The molecule has 0 aliphatic rings. The molecule has 0 unspecified atom stereocenters. The molecule has 6 heteroatoms. The lowest BCUT2D eigenvalue weighted by Crippen LogP contribution is -2.23. The van der Waals surface area contributed by atoms with Crippen LogP contribution in [0.3, 0.4) is 0 Å². The van der Waals surface area contributed by atoms with Crippen molar-refractivity contribution in [3.8, 4) is 0 Å². The highest BCUT2D eigenvalue weighted by Gasteiger charge is 2.10. The summed E-state index contributed by atoms with van der Waals surface area (Å²) in [6.45, 7) is 0.293. The highest BCUT2D eigenvalue weighted by molar-refractivity contribution is 9.10. The van der Waals surface area contributed by atoms with E-state index < -0.39 is 5.91 Å². The fourth-order valence-electron chi connectivity index (χ4n) is 1.83. The SMILES string of the molecule is NC(=O)c1cccc(CNC(=O)c2cc(N)ccc2Br)c1. The van der Waals surface area contributed by atoms with Gasteiger partial charge in [0.1, 0.15) is 0 Å². The fourth-order valence-corrected chi connectivity index (χ4v) is 2.26. The van der Waals surface area contributed by atoms with Gasteiger partial charge >= 0.3 is 0 Å². The minimum atomic E-state index is -0.498. The molecule has 0 aliphatic heterocycles. The molecule has 2 aromatic rings. The first-order valence-electron chi connectivity index (χ1n) is 6.19. The van der Waals surface area contributed by atoms with Gasteiger partial charge in [0.15, 0.2) is 0 Å². The Morgan fingerprint density at radius 1 is 1.14 bits per heavy atom. The fraction of sp³-hybridized carbons (Fsp3) is 0.0667. The van der Waals surface area contributed by atoms with Crippen molar-refractivity contribution in [2.75, 3.05) is 5.73 Å². The van der Waals surface area contributed by atoms with E-state index in [0.717, 1.165) is 5.56 Å². The molecule has 21 heavy (non-hydrogen) atoms. The number of nitrogens with two attached hydrogens (primary N) is 2. The number of nitrogen functional groups attached to an aromatic ring is 1. The minimum Gasteiger partial charge on any atom is -0.399 e. The highest BCUT2D eigenvalue weighted by Crippen LogP contribution is 2.19. The van der Waals surface area contributed by atoms with E-state index in [2.05, 4.69) is 21.2 Å². The second-order valence-electron chi connectivity index (χ2n) is 4.49. The van der Waals surface area contributed by atoms with Crippen LogP contribution in [0.1, 0.15) is 26.3 Å². The molecule has 0 bridgehead atoms. The van der Waals surface area contributed by atoms with Crippen LogP contribution in [0, 0.1) is 0 Å². The van der Waals surface area contributed by atoms with Crippen molar-refractivity contribution in [2.45, 2.75) is 6.54 Å². The van der Waals surface area contributed by atoms with Crippen molar-refractivity contribution in [2.24, 2.45) is 5.73 Å². The molecule has 0 fully saturated rings. The van der Waals surface area contributed by atoms with Gasteiger partial charge in [-0.3, -0.25) is 9.59 Å². The lowest BCUT2D eigenvalue weighted by Gasteiger charge is -2.08. The molecular weight excluding hydrogens is 334 g/mol. The number of hydrogen-bond donors (Lipinski definition) is 3. The Morgan fingerprint density at radius 3 is 2.62 bits per heavy atom. The van der Waals surface area contributed by atoms with Crippen molar-refractivity contribution in [1.82, 2.24) is 5.32 Å². The zero-order valence-corrected chi connectivity index (χ0v) is 12.7. The quantitative estimate of drug-likeness (QED) is 0.738. The van der Waals surface area contributed by atoms with Crippen LogP contribution in [-0.4, -0.2) is 11.8 Å². The Labute approximate surface area is 130 Å². The number of carbonyl (C=O) groups excluding carboxylic acids is 2. The zero-order valence-electron chi connectivity index (χ0n) is 11.1. The summed E-state index contributed by atoms with van der Waals surface area (Å²) in [7, 11) is 0. The average Bonchev–Trinajstić information content (AvgIpc) is 2.47. The Hall–Kier alpha value is -2.34. The van der Waals surface area contributed by atoms with Gasteiger partial charge in [-0.2, -0.15) is 0 Å². The summed E-state index contributed by atoms with van der Waals surface area (Å²) in [5.41, 5.74) is 13.1. The molecule has 5 N–H and O–H groups in total. The summed E-state index contributed by atoms with van der Waals surface area (Å²) < 4.78 is 0.667. The summed E-state index contributed by atoms with van der Waals surface area (Å²) in [6.07, 6.45) is 0. The van der Waals surface area contributed by atoms with Crippen LogP contribution < -0.4 is 16.8 Å². The number of carbonyl (C=O) groups is 2. The number of hydrogen-bond acceptors (Lipinski definition) is 3. The van der Waals surface area contributed by atoms with Gasteiger partial charge in [-0.1, -0.05) is 12.1 Å². The molecule has 108 valence electrons. The summed E-state index contributed by atoms with van der Waals surface area (Å²) in [5, 5.41) is 2.77. The Bertz CT molecular complexity index is 701. The van der Waals surface area contributed by atoms with Crippen molar-refractivity contribution >= 4 is 33.4 Å². The third-order valence-electron chi connectivity index (χ3n) is 2.90. The van der Waals surface area contributed by atoms with Crippen molar-refractivity contribution in [1.29, 1.82) is 0 Å². The van der Waals surface area contributed by atoms with E-state index in [0.29, 0.717) is 27.8 Å². The first-order valence-corrected chi connectivity index (χ1v) is 6.98. The second-order valence-corrected chi connectivity index (χ2v) is 5.34. The molecular formula is C15H14BrN3O2. The standard InChI is InChI=1S/C15H14BrN3O2/c16-13-5-4-11(17)7-12(13)15(21)19-8-9-2-1-3-10(6-9)14(18)20/h1-7H,8,17H2,(H2,18,20)(H,19,21). The predicted molar refractivity (Wildman–Crippen MR) is 84.7 cm³/mol. The lowest BCUT2D eigenvalue weighted by molar-refractivity contribution is 0.0949. The van der Waals surface area contributed by atoms with Crippen molar-refractivity contribution in [3.63, 3.8) is 0 Å². The summed E-state index contributed by atoms with van der Waals surface area (Å²) >= 11 is 3.31. The van der Waals surface area contributed by atoms with E-state index in [1.165, 1.54) is 0 Å². The Morgan fingerprint density at radius 2 is 1.90 bits per heavy atom. The number of nitrogens with one attached hydrogen (secondary N) is 1. The normalized spacial score (nSPS) is 10.1. The molecule has 0 aliphatic carbocycles. The van der Waals surface area contributed by atoms with Crippen LogP contribution in [0.15, 0.2) is 46.9 Å². The number of halogens is 1. The smallest absolute Gasteiger partial charge is 0.252 e. The van der Waals surface area contributed by atoms with E-state index in [1.54, 1.807) is 42.5 Å². The van der Waals surface area contributed by atoms with Gasteiger partial charge in [-0.15, -0.1) is 0 Å². The van der Waals surface area contributed by atoms with Gasteiger partial charge in [0.05, 0.1) is 5.56 Å². The zero-order chi connectivity index (χ0) is 15.4. The number of rotatable bonds is 4. The van der Waals surface area contributed by atoms with Gasteiger partial charge in [-0.25, -0.2) is 0 Å². The largest absolute Gasteiger partial charge is 0.399 e.